The molecule has 30 heavy (non-hydrogen) atoms. The Morgan fingerprint density at radius 1 is 0.800 bits per heavy atom. The van der Waals surface area contributed by atoms with Gasteiger partial charge in [-0.2, -0.15) is 17.7 Å². The van der Waals surface area contributed by atoms with E-state index in [1.54, 1.807) is 34.9 Å². The van der Waals surface area contributed by atoms with Gasteiger partial charge in [0.15, 0.2) is 5.52 Å². The molecule has 0 radical (unpaired) electrons. The first-order chi connectivity index (χ1) is 14.4. The van der Waals surface area contributed by atoms with Crippen molar-refractivity contribution in [3.63, 3.8) is 0 Å². The number of nitrogens with one attached hydrogen (secondary N) is 1. The molecule has 0 aliphatic carbocycles. The van der Waals surface area contributed by atoms with Gasteiger partial charge in [0.25, 0.3) is 5.65 Å². The van der Waals surface area contributed by atoms with Gasteiger partial charge in [-0.05, 0) is 54.6 Å². The molecule has 0 bridgehead atoms. The smallest absolute Gasteiger partial charge is 0.251 e. The summed E-state index contributed by atoms with van der Waals surface area (Å²) in [5, 5.41) is 0. The lowest BCUT2D eigenvalue weighted by atomic mass is 10.1. The Labute approximate surface area is 167 Å². The molecule has 5 aromatic rings. The number of hydrogen-bond donors (Lipinski definition) is 1. The van der Waals surface area contributed by atoms with Crippen molar-refractivity contribution in [3.8, 4) is 17.1 Å². The molecular formula is C22H13F4N4+. The fraction of sp³-hybridized carbons (Fsp3) is 0.0455. The zero-order valence-corrected chi connectivity index (χ0v) is 15.3. The zero-order valence-electron chi connectivity index (χ0n) is 15.3. The molecule has 0 saturated heterocycles. The van der Waals surface area contributed by atoms with Gasteiger partial charge in [0, 0.05) is 5.56 Å². The average molecular weight is 409 g/mol. The van der Waals surface area contributed by atoms with E-state index in [1.807, 2.05) is 12.1 Å². The molecule has 0 unspecified atom stereocenters. The van der Waals surface area contributed by atoms with Gasteiger partial charge < -0.3 is 0 Å². The van der Waals surface area contributed by atoms with E-state index in [0.717, 1.165) is 12.1 Å². The summed E-state index contributed by atoms with van der Waals surface area (Å²) in [6.07, 6.45) is -4.49. The van der Waals surface area contributed by atoms with Crippen molar-refractivity contribution in [2.45, 2.75) is 6.18 Å². The maximum Gasteiger partial charge on any atom is 0.416 e. The van der Waals surface area contributed by atoms with Gasteiger partial charge >= 0.3 is 11.8 Å². The lowest BCUT2D eigenvalue weighted by molar-refractivity contribution is -0.557. The van der Waals surface area contributed by atoms with E-state index in [9.17, 15) is 17.6 Å². The van der Waals surface area contributed by atoms with Crippen molar-refractivity contribution >= 4 is 22.3 Å². The van der Waals surface area contributed by atoms with Crippen molar-refractivity contribution in [2.75, 3.05) is 0 Å². The first kappa shape index (κ1) is 18.2. The predicted molar refractivity (Wildman–Crippen MR) is 103 cm³/mol. The molecule has 8 heteroatoms. The largest absolute Gasteiger partial charge is 0.416 e. The van der Waals surface area contributed by atoms with E-state index in [-0.39, 0.29) is 5.69 Å². The molecule has 148 valence electrons. The number of H-pyrrole nitrogens is 1. The number of rotatable bonds is 2. The quantitative estimate of drug-likeness (QED) is 0.321. The summed E-state index contributed by atoms with van der Waals surface area (Å²) in [7, 11) is 0. The first-order valence-electron chi connectivity index (χ1n) is 9.04. The van der Waals surface area contributed by atoms with Crippen LogP contribution in [0.25, 0.3) is 39.4 Å². The summed E-state index contributed by atoms with van der Waals surface area (Å²) in [5.74, 6) is 0.0297. The van der Waals surface area contributed by atoms with Gasteiger partial charge in [-0.1, -0.05) is 23.2 Å². The number of alkyl halides is 3. The van der Waals surface area contributed by atoms with Crippen LogP contribution in [-0.2, 0) is 6.18 Å². The monoisotopic (exact) mass is 409 g/mol. The SMILES string of the molecule is Fc1ccc(-c2[nH]c3nc4ccccc4nc3[n+]2-c2cccc(C(F)(F)F)c2)cc1. The van der Waals surface area contributed by atoms with Crippen molar-refractivity contribution in [3.05, 3.63) is 84.2 Å². The van der Waals surface area contributed by atoms with Crippen LogP contribution < -0.4 is 4.57 Å². The summed E-state index contributed by atoms with van der Waals surface area (Å²) in [4.78, 5) is 12.3. The molecule has 0 spiro atoms. The van der Waals surface area contributed by atoms with Crippen LogP contribution in [0.5, 0.6) is 0 Å². The Kier molecular flexibility index (Phi) is 4.02. The van der Waals surface area contributed by atoms with E-state index in [2.05, 4.69) is 15.0 Å². The highest BCUT2D eigenvalue weighted by Crippen LogP contribution is 2.30. The van der Waals surface area contributed by atoms with E-state index in [0.29, 0.717) is 33.7 Å². The van der Waals surface area contributed by atoms with E-state index < -0.39 is 17.6 Å². The van der Waals surface area contributed by atoms with Crippen molar-refractivity contribution in [1.29, 1.82) is 0 Å². The maximum atomic E-state index is 13.4. The lowest BCUT2D eigenvalue weighted by Crippen LogP contribution is -2.33. The Morgan fingerprint density at radius 2 is 1.50 bits per heavy atom. The molecule has 0 saturated carbocycles. The third-order valence-electron chi connectivity index (χ3n) is 4.77. The van der Waals surface area contributed by atoms with E-state index >= 15 is 0 Å². The van der Waals surface area contributed by atoms with Gasteiger partial charge in [0.05, 0.1) is 5.56 Å². The normalized spacial score (nSPS) is 12.0. The van der Waals surface area contributed by atoms with Gasteiger partial charge in [-0.15, -0.1) is 0 Å². The van der Waals surface area contributed by atoms with Crippen LogP contribution in [0.1, 0.15) is 5.56 Å². The number of nitrogens with zero attached hydrogens (tertiary/aromatic N) is 3. The topological polar surface area (TPSA) is 45.5 Å². The predicted octanol–water partition coefficient (Wildman–Crippen LogP) is 5.21. The van der Waals surface area contributed by atoms with Crippen molar-refractivity contribution < 1.29 is 22.1 Å². The number of halogens is 4. The maximum absolute atomic E-state index is 13.4. The summed E-state index contributed by atoms with van der Waals surface area (Å²) in [6.45, 7) is 0. The van der Waals surface area contributed by atoms with Crippen LogP contribution in [0.15, 0.2) is 72.8 Å². The highest BCUT2D eigenvalue weighted by molar-refractivity contribution is 5.82. The van der Waals surface area contributed by atoms with Crippen LogP contribution in [0.2, 0.25) is 0 Å². The molecule has 1 N–H and O–H groups in total. The zero-order chi connectivity index (χ0) is 20.9. The van der Waals surface area contributed by atoms with Crippen molar-refractivity contribution in [2.24, 2.45) is 0 Å². The van der Waals surface area contributed by atoms with E-state index in [1.165, 1.54) is 18.2 Å². The van der Waals surface area contributed by atoms with Crippen LogP contribution in [-0.4, -0.2) is 15.0 Å². The highest BCUT2D eigenvalue weighted by atomic mass is 19.4. The number of aromatic nitrogens is 4. The second kappa shape index (κ2) is 6.62. The average Bonchev–Trinajstić information content (AvgIpc) is 3.10. The third-order valence-corrected chi connectivity index (χ3v) is 4.77. The summed E-state index contributed by atoms with van der Waals surface area (Å²) < 4.78 is 54.9. The number of imidazole rings is 1. The summed E-state index contributed by atoms with van der Waals surface area (Å²) in [6, 6.07) is 17.8. The molecule has 0 aliphatic rings. The Hall–Kier alpha value is -3.81. The van der Waals surface area contributed by atoms with Crippen molar-refractivity contribution in [1.82, 2.24) is 15.0 Å². The molecule has 0 amide bonds. The minimum Gasteiger partial charge on any atom is -0.251 e. The fourth-order valence-corrected chi connectivity index (χ4v) is 3.39. The number of benzene rings is 3. The number of aromatic amines is 1. The summed E-state index contributed by atoms with van der Waals surface area (Å²) >= 11 is 0. The van der Waals surface area contributed by atoms with Crippen LogP contribution in [0.4, 0.5) is 17.6 Å². The second-order valence-corrected chi connectivity index (χ2v) is 6.75. The van der Waals surface area contributed by atoms with Crippen LogP contribution in [0.3, 0.4) is 0 Å². The molecule has 0 aliphatic heterocycles. The van der Waals surface area contributed by atoms with Crippen LogP contribution in [0, 0.1) is 5.82 Å². The molecule has 3 aromatic carbocycles. The number of fused-ring (bicyclic) bond motifs is 2. The Morgan fingerprint density at radius 3 is 2.20 bits per heavy atom. The van der Waals surface area contributed by atoms with Crippen LogP contribution >= 0.6 is 0 Å². The lowest BCUT2D eigenvalue weighted by Gasteiger charge is -2.08. The molecular weight excluding hydrogens is 396 g/mol. The Bertz CT molecular complexity index is 1390. The van der Waals surface area contributed by atoms with Gasteiger partial charge in [0.2, 0.25) is 5.82 Å². The van der Waals surface area contributed by atoms with Gasteiger partial charge in [0.1, 0.15) is 17.0 Å². The molecule has 5 rings (SSSR count). The van der Waals surface area contributed by atoms with E-state index in [4.69, 9.17) is 0 Å². The molecule has 2 aromatic heterocycles. The first-order valence-corrected chi connectivity index (χ1v) is 9.04. The molecule has 4 nitrogen and oxygen atoms in total. The van der Waals surface area contributed by atoms with Gasteiger partial charge in [-0.3, -0.25) is 4.98 Å². The van der Waals surface area contributed by atoms with Gasteiger partial charge in [-0.25, -0.2) is 9.37 Å². The molecule has 2 heterocycles. The minimum absolute atomic E-state index is 0.264. The Balaban J connectivity index is 1.85. The highest BCUT2D eigenvalue weighted by Gasteiger charge is 2.32. The number of para-hydroxylation sites is 2. The standard InChI is InChI=1S/C22H12F4N4/c23-15-10-8-13(9-11-15)20-29-19-21(28-18-7-2-1-6-17(18)27-19)30(20)16-5-3-4-14(12-16)22(24,25)26/h1-12H/p+1. The minimum atomic E-state index is -4.49. The molecule has 0 atom stereocenters. The summed E-state index contributed by atoms with van der Waals surface area (Å²) in [5.41, 5.74) is 2.10. The fourth-order valence-electron chi connectivity index (χ4n) is 3.39. The second-order valence-electron chi connectivity index (χ2n) is 6.75. The third kappa shape index (κ3) is 3.06. The number of hydrogen-bond acceptors (Lipinski definition) is 2. The molecule has 0 fully saturated rings.